The van der Waals surface area contributed by atoms with Gasteiger partial charge >= 0.3 is 11.9 Å². The monoisotopic (exact) mass is 590 g/mol. The molecular formula is C26H38N8O8. The second-order valence-electron chi connectivity index (χ2n) is 9.74. The number of hydrogen-bond acceptors (Lipinski definition) is 8. The summed E-state index contributed by atoms with van der Waals surface area (Å²) in [6, 6.07) is 1.65. The van der Waals surface area contributed by atoms with Crippen molar-refractivity contribution in [1.29, 1.82) is 0 Å². The van der Waals surface area contributed by atoms with Gasteiger partial charge in [-0.3, -0.25) is 24.2 Å². The van der Waals surface area contributed by atoms with Crippen molar-refractivity contribution in [2.45, 2.75) is 69.3 Å². The lowest BCUT2D eigenvalue weighted by molar-refractivity contribution is -0.143. The van der Waals surface area contributed by atoms with Gasteiger partial charge in [-0.25, -0.2) is 4.79 Å². The number of aliphatic carboxylic acids is 2. The van der Waals surface area contributed by atoms with Crippen LogP contribution < -0.4 is 33.2 Å². The summed E-state index contributed by atoms with van der Waals surface area (Å²) in [5, 5.41) is 36.8. The predicted molar refractivity (Wildman–Crippen MR) is 152 cm³/mol. The molecule has 5 atom stereocenters. The summed E-state index contributed by atoms with van der Waals surface area (Å²) in [5.41, 5.74) is 17.7. The van der Waals surface area contributed by atoms with Crippen molar-refractivity contribution in [3.05, 3.63) is 36.0 Å². The Bertz CT molecular complexity index is 1290. The lowest BCUT2D eigenvalue weighted by Gasteiger charge is -2.26. The highest BCUT2D eigenvalue weighted by Crippen LogP contribution is 2.19. The normalized spacial score (nSPS) is 14.5. The fourth-order valence-corrected chi connectivity index (χ4v) is 4.11. The van der Waals surface area contributed by atoms with Crippen LogP contribution in [0.3, 0.4) is 0 Å². The number of nitrogens with zero attached hydrogens (tertiary/aromatic N) is 1. The van der Waals surface area contributed by atoms with Gasteiger partial charge in [-0.05, 0) is 37.8 Å². The third-order valence-corrected chi connectivity index (χ3v) is 6.36. The Morgan fingerprint density at radius 2 is 1.62 bits per heavy atom. The topological polar surface area (TPSA) is 288 Å². The van der Waals surface area contributed by atoms with E-state index >= 15 is 0 Å². The van der Waals surface area contributed by atoms with Crippen LogP contribution in [0.4, 0.5) is 0 Å². The molecule has 2 aromatic rings. The van der Waals surface area contributed by atoms with E-state index < -0.39 is 72.8 Å². The lowest BCUT2D eigenvalue weighted by atomic mass is 10.0. The molecule has 1 aromatic carbocycles. The molecule has 0 radical (unpaired) electrons. The third-order valence-electron chi connectivity index (χ3n) is 6.36. The van der Waals surface area contributed by atoms with Gasteiger partial charge in [-0.2, -0.15) is 0 Å². The standard InChI is InChI=1S/C26H38N8O8/c1-13(35)21(34-22(38)16(27)6-4-10-30-26(28)29)24(40)32-18(8-9-20(36)37)23(39)33-19(25(41)42)11-14-12-31-17-7-3-2-5-15(14)17/h2-3,5,7,12-13,16,18-19,21,31,35H,4,6,8-11,27H2,1H3,(H,32,40)(H,33,39)(H,34,38)(H,36,37)(H,41,42)(H4,28,29,30). The number of carbonyl (C=O) groups is 5. The van der Waals surface area contributed by atoms with E-state index in [0.717, 1.165) is 10.9 Å². The van der Waals surface area contributed by atoms with Crippen molar-refractivity contribution >= 4 is 46.5 Å². The molecule has 0 fully saturated rings. The zero-order chi connectivity index (χ0) is 31.4. The van der Waals surface area contributed by atoms with E-state index in [-0.39, 0.29) is 25.3 Å². The molecule has 1 heterocycles. The molecule has 13 N–H and O–H groups in total. The first-order chi connectivity index (χ1) is 19.8. The maximum absolute atomic E-state index is 13.1. The second-order valence-corrected chi connectivity index (χ2v) is 9.74. The Hall–Kier alpha value is -4.70. The Labute approximate surface area is 241 Å². The number of carboxylic acids is 2. The minimum absolute atomic E-state index is 0.0991. The van der Waals surface area contributed by atoms with E-state index in [4.69, 9.17) is 22.3 Å². The molecule has 0 aliphatic heterocycles. The molecule has 42 heavy (non-hydrogen) atoms. The highest BCUT2D eigenvalue weighted by molar-refractivity contribution is 5.95. The molecule has 3 amide bonds. The average Bonchev–Trinajstić information content (AvgIpc) is 3.33. The van der Waals surface area contributed by atoms with E-state index in [1.54, 1.807) is 24.4 Å². The quantitative estimate of drug-likeness (QED) is 0.0539. The molecule has 16 heteroatoms. The summed E-state index contributed by atoms with van der Waals surface area (Å²) < 4.78 is 0. The van der Waals surface area contributed by atoms with Gasteiger partial charge in [0.05, 0.1) is 12.1 Å². The number of carboxylic acid groups (broad SMARTS) is 2. The summed E-state index contributed by atoms with van der Waals surface area (Å²) in [6.45, 7) is 1.45. The van der Waals surface area contributed by atoms with Crippen LogP contribution in [-0.4, -0.2) is 92.7 Å². The third kappa shape index (κ3) is 10.4. The number of aliphatic imine (C=N–C) groups is 1. The number of nitrogens with one attached hydrogen (secondary N) is 4. The number of H-pyrrole nitrogens is 1. The van der Waals surface area contributed by atoms with Crippen LogP contribution in [0.15, 0.2) is 35.5 Å². The van der Waals surface area contributed by atoms with E-state index in [2.05, 4.69) is 25.9 Å². The van der Waals surface area contributed by atoms with Crippen LogP contribution >= 0.6 is 0 Å². The van der Waals surface area contributed by atoms with Gasteiger partial charge in [0.1, 0.15) is 18.1 Å². The fraction of sp³-hybridized carbons (Fsp3) is 0.462. The molecule has 16 nitrogen and oxygen atoms in total. The summed E-state index contributed by atoms with van der Waals surface area (Å²) in [4.78, 5) is 68.7. The molecule has 0 spiro atoms. The molecule has 5 unspecified atom stereocenters. The number of aliphatic hydroxyl groups excluding tert-OH is 1. The number of para-hydroxylation sites is 1. The number of aliphatic hydroxyl groups is 1. The van der Waals surface area contributed by atoms with Crippen LogP contribution in [0, 0.1) is 0 Å². The van der Waals surface area contributed by atoms with Gasteiger partial charge in [0.2, 0.25) is 17.7 Å². The van der Waals surface area contributed by atoms with Crippen molar-refractivity contribution in [3.63, 3.8) is 0 Å². The largest absolute Gasteiger partial charge is 0.481 e. The molecular weight excluding hydrogens is 552 g/mol. The molecule has 230 valence electrons. The zero-order valence-electron chi connectivity index (χ0n) is 23.1. The summed E-state index contributed by atoms with van der Waals surface area (Å²) >= 11 is 0. The number of rotatable bonds is 17. The summed E-state index contributed by atoms with van der Waals surface area (Å²) in [6.07, 6.45) is -0.316. The summed E-state index contributed by atoms with van der Waals surface area (Å²) in [7, 11) is 0. The van der Waals surface area contributed by atoms with Crippen molar-refractivity contribution < 1.29 is 39.3 Å². The van der Waals surface area contributed by atoms with Gasteiger partial charge in [0.15, 0.2) is 5.96 Å². The Morgan fingerprint density at radius 3 is 2.24 bits per heavy atom. The number of carbonyl (C=O) groups excluding carboxylic acids is 3. The van der Waals surface area contributed by atoms with Crippen LogP contribution in [0.5, 0.6) is 0 Å². The Balaban J connectivity index is 2.13. The molecule has 0 aliphatic carbocycles. The number of aromatic nitrogens is 1. The highest BCUT2D eigenvalue weighted by atomic mass is 16.4. The summed E-state index contributed by atoms with van der Waals surface area (Å²) in [5.74, 6) is -5.45. The fourth-order valence-electron chi connectivity index (χ4n) is 4.11. The number of guanidine groups is 1. The molecule has 0 saturated carbocycles. The SMILES string of the molecule is CC(O)C(NC(=O)C(N)CCCN=C(N)N)C(=O)NC(CCC(=O)O)C(=O)NC(Cc1c[nH]c2ccccc12)C(=O)O. The van der Waals surface area contributed by atoms with Crippen molar-refractivity contribution in [1.82, 2.24) is 20.9 Å². The second kappa shape index (κ2) is 15.9. The van der Waals surface area contributed by atoms with Gasteiger partial charge in [-0.15, -0.1) is 0 Å². The maximum atomic E-state index is 13.1. The molecule has 1 aromatic heterocycles. The smallest absolute Gasteiger partial charge is 0.326 e. The van der Waals surface area contributed by atoms with E-state index in [9.17, 15) is 34.2 Å². The first-order valence-corrected chi connectivity index (χ1v) is 13.2. The van der Waals surface area contributed by atoms with E-state index in [0.29, 0.717) is 12.0 Å². The minimum Gasteiger partial charge on any atom is -0.481 e. The number of nitrogens with two attached hydrogens (primary N) is 3. The minimum atomic E-state index is -1.55. The van der Waals surface area contributed by atoms with Crippen LogP contribution in [0.1, 0.15) is 38.2 Å². The highest BCUT2D eigenvalue weighted by Gasteiger charge is 2.33. The Morgan fingerprint density at radius 1 is 0.952 bits per heavy atom. The number of amides is 3. The number of aromatic amines is 1. The number of benzene rings is 1. The van der Waals surface area contributed by atoms with Crippen LogP contribution in [0.25, 0.3) is 10.9 Å². The van der Waals surface area contributed by atoms with Crippen LogP contribution in [-0.2, 0) is 30.4 Å². The van der Waals surface area contributed by atoms with Crippen molar-refractivity contribution in [2.75, 3.05) is 6.54 Å². The van der Waals surface area contributed by atoms with Crippen molar-refractivity contribution in [3.8, 4) is 0 Å². The maximum Gasteiger partial charge on any atom is 0.326 e. The zero-order valence-corrected chi connectivity index (χ0v) is 23.1. The van der Waals surface area contributed by atoms with Gasteiger partial charge < -0.3 is 53.5 Å². The number of fused-ring (bicyclic) bond motifs is 1. The predicted octanol–water partition coefficient (Wildman–Crippen LogP) is -2.12. The van der Waals surface area contributed by atoms with E-state index in [1.807, 2.05) is 6.07 Å². The first kappa shape index (κ1) is 33.5. The molecule has 0 bridgehead atoms. The molecule has 0 saturated heterocycles. The number of hydrogen-bond donors (Lipinski definition) is 10. The first-order valence-electron chi connectivity index (χ1n) is 13.2. The van der Waals surface area contributed by atoms with Gasteiger partial charge in [-0.1, -0.05) is 18.2 Å². The van der Waals surface area contributed by atoms with Gasteiger partial charge in [0, 0.05) is 36.5 Å². The lowest BCUT2D eigenvalue weighted by Crippen LogP contribution is -2.59. The molecule has 0 aliphatic rings. The average molecular weight is 591 g/mol. The van der Waals surface area contributed by atoms with Gasteiger partial charge in [0.25, 0.3) is 0 Å². The van der Waals surface area contributed by atoms with Crippen LogP contribution in [0.2, 0.25) is 0 Å². The van der Waals surface area contributed by atoms with E-state index in [1.165, 1.54) is 6.92 Å². The molecule has 2 rings (SSSR count). The van der Waals surface area contributed by atoms with Crippen molar-refractivity contribution in [2.24, 2.45) is 22.2 Å². The Kier molecular flexibility index (Phi) is 12.7.